The zero-order valence-electron chi connectivity index (χ0n) is 22.4. The molecule has 6 heteroatoms. The van der Waals surface area contributed by atoms with Crippen LogP contribution in [0.1, 0.15) is 84.4 Å². The second-order valence-electron chi connectivity index (χ2n) is 10.8. The molecule has 0 fully saturated rings. The molecule has 0 saturated heterocycles. The Labute approximate surface area is 217 Å². The number of nitrogens with zero attached hydrogens (tertiary/aromatic N) is 1. The van der Waals surface area contributed by atoms with Gasteiger partial charge in [-0.1, -0.05) is 69.7 Å². The van der Waals surface area contributed by atoms with Gasteiger partial charge in [0.15, 0.2) is 8.32 Å². The predicted octanol–water partition coefficient (Wildman–Crippen LogP) is 6.19. The Bertz CT molecular complexity index is 1120. The number of rotatable bonds is 10. The lowest BCUT2D eigenvalue weighted by Gasteiger charge is -2.33. The van der Waals surface area contributed by atoms with E-state index >= 15 is 0 Å². The van der Waals surface area contributed by atoms with Crippen LogP contribution in [-0.4, -0.2) is 42.3 Å². The number of carbonyl (C=O) groups is 2. The molecule has 2 aromatic carbocycles. The first-order chi connectivity index (χ1) is 17.0. The van der Waals surface area contributed by atoms with Crippen molar-refractivity contribution in [2.45, 2.75) is 77.8 Å². The van der Waals surface area contributed by atoms with Gasteiger partial charge in [0.05, 0.1) is 17.2 Å². The highest BCUT2D eigenvalue weighted by Gasteiger charge is 2.38. The molecule has 1 aliphatic heterocycles. The monoisotopic (exact) mass is 505 g/mol. The van der Waals surface area contributed by atoms with Crippen molar-refractivity contribution in [1.82, 2.24) is 4.90 Å². The van der Waals surface area contributed by atoms with Gasteiger partial charge in [-0.3, -0.25) is 14.5 Å². The van der Waals surface area contributed by atoms with Crippen LogP contribution in [0.4, 0.5) is 0 Å². The van der Waals surface area contributed by atoms with E-state index in [2.05, 4.69) is 45.3 Å². The van der Waals surface area contributed by atoms with Gasteiger partial charge in [0.25, 0.3) is 11.8 Å². The summed E-state index contributed by atoms with van der Waals surface area (Å²) in [6.07, 6.45) is 2.73. The van der Waals surface area contributed by atoms with Crippen molar-refractivity contribution in [2.75, 3.05) is 6.54 Å². The van der Waals surface area contributed by atoms with E-state index < -0.39 is 13.9 Å². The van der Waals surface area contributed by atoms with Crippen molar-refractivity contribution in [2.24, 2.45) is 5.92 Å². The highest BCUT2D eigenvalue weighted by atomic mass is 28.4. The molecule has 1 heterocycles. The first-order valence-corrected chi connectivity index (χ1v) is 16.4. The summed E-state index contributed by atoms with van der Waals surface area (Å²) in [5, 5.41) is 10.9. The topological polar surface area (TPSA) is 66.8 Å². The molecule has 0 spiro atoms. The molecule has 0 radical (unpaired) electrons. The SMILES string of the molecule is CCCC(O)(C#Cc1cccc(C(O[Si](C)(C)C)C(C)CN2C(=O)c3ccccc3C2=O)c1)CCC. The summed E-state index contributed by atoms with van der Waals surface area (Å²) in [5.41, 5.74) is 1.72. The molecular weight excluding hydrogens is 466 g/mol. The minimum absolute atomic E-state index is 0.126. The zero-order chi connectivity index (χ0) is 26.5. The van der Waals surface area contributed by atoms with Gasteiger partial charge in [-0.2, -0.15) is 0 Å². The molecule has 0 saturated carbocycles. The molecule has 36 heavy (non-hydrogen) atoms. The van der Waals surface area contributed by atoms with E-state index in [1.54, 1.807) is 24.3 Å². The summed E-state index contributed by atoms with van der Waals surface area (Å²) in [6.45, 7) is 12.8. The van der Waals surface area contributed by atoms with Crippen LogP contribution >= 0.6 is 0 Å². The summed E-state index contributed by atoms with van der Waals surface area (Å²) < 4.78 is 6.61. The molecule has 192 valence electrons. The van der Waals surface area contributed by atoms with Gasteiger partial charge in [0.2, 0.25) is 0 Å². The Morgan fingerprint density at radius 3 is 2.08 bits per heavy atom. The minimum Gasteiger partial charge on any atom is -0.410 e. The second kappa shape index (κ2) is 11.6. The van der Waals surface area contributed by atoms with E-state index in [0.29, 0.717) is 24.0 Å². The van der Waals surface area contributed by atoms with Crippen LogP contribution in [0.25, 0.3) is 0 Å². The molecule has 2 amide bonds. The zero-order valence-corrected chi connectivity index (χ0v) is 23.4. The maximum Gasteiger partial charge on any atom is 0.261 e. The van der Waals surface area contributed by atoms with Gasteiger partial charge < -0.3 is 9.53 Å². The van der Waals surface area contributed by atoms with Crippen molar-refractivity contribution in [3.8, 4) is 11.8 Å². The van der Waals surface area contributed by atoms with E-state index in [9.17, 15) is 14.7 Å². The van der Waals surface area contributed by atoms with E-state index in [-0.39, 0.29) is 30.4 Å². The summed E-state index contributed by atoms with van der Waals surface area (Å²) in [7, 11) is -1.97. The second-order valence-corrected chi connectivity index (χ2v) is 15.3. The first-order valence-electron chi connectivity index (χ1n) is 13.0. The van der Waals surface area contributed by atoms with Crippen molar-refractivity contribution < 1.29 is 19.1 Å². The number of hydrogen-bond donors (Lipinski definition) is 1. The van der Waals surface area contributed by atoms with Crippen molar-refractivity contribution >= 4 is 20.1 Å². The minimum atomic E-state index is -1.97. The van der Waals surface area contributed by atoms with Crippen LogP contribution in [0.5, 0.6) is 0 Å². The molecule has 2 atom stereocenters. The highest BCUT2D eigenvalue weighted by molar-refractivity contribution is 6.69. The molecule has 1 N–H and O–H groups in total. The van der Waals surface area contributed by atoms with E-state index in [1.165, 1.54) is 4.90 Å². The first kappa shape index (κ1) is 27.9. The van der Waals surface area contributed by atoms with Crippen molar-refractivity contribution in [1.29, 1.82) is 0 Å². The van der Waals surface area contributed by atoms with Crippen molar-refractivity contribution in [3.63, 3.8) is 0 Å². The molecule has 1 aliphatic rings. The fourth-order valence-electron chi connectivity index (χ4n) is 4.74. The Kier molecular flexibility index (Phi) is 8.94. The number of carbonyl (C=O) groups excluding carboxylic acids is 2. The maximum absolute atomic E-state index is 13.0. The highest BCUT2D eigenvalue weighted by Crippen LogP contribution is 2.33. The van der Waals surface area contributed by atoms with Gasteiger partial charge in [0.1, 0.15) is 5.60 Å². The standard InChI is InChI=1S/C30H39NO4Si/c1-7-17-30(34,18-8-2)19-16-23-12-11-13-24(20-23)27(35-36(4,5)6)22(3)21-31-28(32)25-14-9-10-15-26(25)29(31)33/h9-15,20,22,27,34H,7-8,17-18,21H2,1-6H3. The Morgan fingerprint density at radius 2 is 1.56 bits per heavy atom. The third-order valence-corrected chi connectivity index (χ3v) is 7.29. The summed E-state index contributed by atoms with van der Waals surface area (Å²) in [4.78, 5) is 27.3. The molecule has 2 aromatic rings. The van der Waals surface area contributed by atoms with Crippen LogP contribution in [0.2, 0.25) is 19.6 Å². The molecule has 0 aliphatic carbocycles. The summed E-state index contributed by atoms with van der Waals surface area (Å²) in [5.74, 6) is 5.68. The van der Waals surface area contributed by atoms with Gasteiger partial charge in [0, 0.05) is 18.0 Å². The predicted molar refractivity (Wildman–Crippen MR) is 146 cm³/mol. The van der Waals surface area contributed by atoms with Crippen molar-refractivity contribution in [3.05, 3.63) is 70.8 Å². The largest absolute Gasteiger partial charge is 0.410 e. The van der Waals surface area contributed by atoms with E-state index in [1.807, 2.05) is 31.2 Å². The lowest BCUT2D eigenvalue weighted by molar-refractivity contribution is 0.0560. The molecular formula is C30H39NO4Si. The van der Waals surface area contributed by atoms with Gasteiger partial charge in [-0.25, -0.2) is 0 Å². The Morgan fingerprint density at radius 1 is 0.972 bits per heavy atom. The maximum atomic E-state index is 13.0. The number of hydrogen-bond acceptors (Lipinski definition) is 4. The number of benzene rings is 2. The summed E-state index contributed by atoms with van der Waals surface area (Å²) in [6, 6.07) is 14.9. The molecule has 3 rings (SSSR count). The van der Waals surface area contributed by atoms with Crippen LogP contribution in [0.15, 0.2) is 48.5 Å². The smallest absolute Gasteiger partial charge is 0.261 e. The molecule has 0 aromatic heterocycles. The fraction of sp³-hybridized carbons (Fsp3) is 0.467. The van der Waals surface area contributed by atoms with E-state index in [4.69, 9.17) is 4.43 Å². The number of fused-ring (bicyclic) bond motifs is 1. The quantitative estimate of drug-likeness (QED) is 0.237. The third kappa shape index (κ3) is 6.73. The Hall–Kier alpha value is -2.72. The lowest BCUT2D eigenvalue weighted by Crippen LogP contribution is -2.38. The molecule has 2 unspecified atom stereocenters. The lowest BCUT2D eigenvalue weighted by atomic mass is 9.92. The number of amides is 2. The summed E-state index contributed by atoms with van der Waals surface area (Å²) >= 11 is 0. The number of imide groups is 1. The van der Waals surface area contributed by atoms with Crippen LogP contribution in [-0.2, 0) is 4.43 Å². The fourth-order valence-corrected chi connectivity index (χ4v) is 5.87. The average molecular weight is 506 g/mol. The normalized spacial score (nSPS) is 15.4. The van der Waals surface area contributed by atoms with Gasteiger partial charge >= 0.3 is 0 Å². The van der Waals surface area contributed by atoms with Crippen LogP contribution in [0, 0.1) is 17.8 Å². The molecule has 0 bridgehead atoms. The van der Waals surface area contributed by atoms with Gasteiger partial charge in [-0.15, -0.1) is 0 Å². The van der Waals surface area contributed by atoms with E-state index in [0.717, 1.165) is 24.0 Å². The van der Waals surface area contributed by atoms with Gasteiger partial charge in [-0.05, 0) is 62.3 Å². The van der Waals surface area contributed by atoms with Crippen LogP contribution in [0.3, 0.4) is 0 Å². The average Bonchev–Trinajstić information content (AvgIpc) is 3.06. The Balaban J connectivity index is 1.88. The third-order valence-electron chi connectivity index (χ3n) is 6.33. The molecule has 5 nitrogen and oxygen atoms in total. The number of aliphatic hydroxyl groups is 1. The van der Waals surface area contributed by atoms with Crippen LogP contribution < -0.4 is 0 Å².